The van der Waals surface area contributed by atoms with Gasteiger partial charge in [-0.25, -0.2) is 0 Å². The Labute approximate surface area is 114 Å². The first-order chi connectivity index (χ1) is 9.13. The van der Waals surface area contributed by atoms with E-state index in [0.717, 1.165) is 18.5 Å². The Bertz CT molecular complexity index is 466. The minimum Gasteiger partial charge on any atom is -0.326 e. The van der Waals surface area contributed by atoms with E-state index < -0.39 is 0 Å². The van der Waals surface area contributed by atoms with E-state index in [1.165, 1.54) is 12.0 Å². The van der Waals surface area contributed by atoms with Crippen molar-refractivity contribution in [2.45, 2.75) is 51.1 Å². The van der Waals surface area contributed by atoms with Gasteiger partial charge in [-0.05, 0) is 42.9 Å². The molecule has 102 valence electrons. The highest BCUT2D eigenvalue weighted by Gasteiger charge is 2.42. The van der Waals surface area contributed by atoms with Crippen molar-refractivity contribution in [3.05, 3.63) is 29.8 Å². The summed E-state index contributed by atoms with van der Waals surface area (Å²) in [5.41, 5.74) is 2.22. The zero-order valence-electron chi connectivity index (χ0n) is 11.6. The van der Waals surface area contributed by atoms with Gasteiger partial charge in [-0.15, -0.1) is 0 Å². The first kappa shape index (κ1) is 12.7. The number of carbonyl (C=O) groups excluding carboxylic acids is 1. The van der Waals surface area contributed by atoms with Crippen molar-refractivity contribution in [1.82, 2.24) is 5.32 Å². The number of anilines is 1. The minimum absolute atomic E-state index is 0.156. The normalized spacial score (nSPS) is 28.9. The van der Waals surface area contributed by atoms with Gasteiger partial charge >= 0.3 is 0 Å². The zero-order valence-corrected chi connectivity index (χ0v) is 11.6. The van der Waals surface area contributed by atoms with Gasteiger partial charge in [-0.3, -0.25) is 4.79 Å². The molecule has 2 saturated heterocycles. The molecule has 19 heavy (non-hydrogen) atoms. The van der Waals surface area contributed by atoms with E-state index in [1.807, 2.05) is 12.1 Å². The second-order valence-corrected chi connectivity index (χ2v) is 6.16. The molecule has 0 spiro atoms. The van der Waals surface area contributed by atoms with Crippen LogP contribution in [0.4, 0.5) is 5.69 Å². The average molecular weight is 258 g/mol. The van der Waals surface area contributed by atoms with E-state index in [2.05, 4.69) is 36.6 Å². The summed E-state index contributed by atoms with van der Waals surface area (Å²) in [6.45, 7) is 4.35. The van der Waals surface area contributed by atoms with Gasteiger partial charge in [-0.1, -0.05) is 26.0 Å². The molecule has 2 N–H and O–H groups in total. The molecule has 1 amide bonds. The van der Waals surface area contributed by atoms with Crippen LogP contribution in [0.3, 0.4) is 0 Å². The number of fused-ring (bicyclic) bond motifs is 2. The van der Waals surface area contributed by atoms with Crippen LogP contribution in [0, 0.1) is 5.92 Å². The fourth-order valence-corrected chi connectivity index (χ4v) is 3.30. The van der Waals surface area contributed by atoms with Gasteiger partial charge in [0.25, 0.3) is 0 Å². The predicted octanol–water partition coefficient (Wildman–Crippen LogP) is 2.89. The number of nitrogens with one attached hydrogen (secondary N) is 2. The van der Waals surface area contributed by atoms with Crippen molar-refractivity contribution in [2.24, 2.45) is 5.92 Å². The van der Waals surface area contributed by atoms with Crippen LogP contribution in [0.1, 0.15) is 44.6 Å². The molecule has 0 aliphatic carbocycles. The van der Waals surface area contributed by atoms with Crippen molar-refractivity contribution >= 4 is 11.6 Å². The molecule has 2 fully saturated rings. The van der Waals surface area contributed by atoms with Crippen LogP contribution in [0.25, 0.3) is 0 Å². The van der Waals surface area contributed by atoms with Gasteiger partial charge in [0.05, 0.1) is 5.92 Å². The second kappa shape index (κ2) is 4.97. The fourth-order valence-electron chi connectivity index (χ4n) is 3.30. The SMILES string of the molecule is CC(C)c1ccc(NC(=O)C2CC3CCC2N3)cc1. The molecule has 0 radical (unpaired) electrons. The molecule has 2 heterocycles. The maximum atomic E-state index is 12.3. The number of amides is 1. The van der Waals surface area contributed by atoms with Gasteiger partial charge in [0.1, 0.15) is 0 Å². The molecule has 3 nitrogen and oxygen atoms in total. The first-order valence-corrected chi connectivity index (χ1v) is 7.30. The lowest BCUT2D eigenvalue weighted by molar-refractivity contribution is -0.120. The standard InChI is InChI=1S/C16H22N2O/c1-10(2)11-3-5-12(6-4-11)18-16(19)14-9-13-7-8-15(14)17-13/h3-6,10,13-15,17H,7-9H2,1-2H3,(H,18,19). The van der Waals surface area contributed by atoms with Crippen molar-refractivity contribution in [1.29, 1.82) is 0 Å². The van der Waals surface area contributed by atoms with Crippen molar-refractivity contribution in [2.75, 3.05) is 5.32 Å². The van der Waals surface area contributed by atoms with Gasteiger partial charge in [-0.2, -0.15) is 0 Å². The lowest BCUT2D eigenvalue weighted by Gasteiger charge is -2.19. The van der Waals surface area contributed by atoms with Gasteiger partial charge < -0.3 is 10.6 Å². The third kappa shape index (κ3) is 2.52. The Balaban J connectivity index is 1.63. The largest absolute Gasteiger partial charge is 0.326 e. The molecular weight excluding hydrogens is 236 g/mol. The fraction of sp³-hybridized carbons (Fsp3) is 0.562. The van der Waals surface area contributed by atoms with Crippen LogP contribution in [-0.2, 0) is 4.79 Å². The Morgan fingerprint density at radius 3 is 2.53 bits per heavy atom. The summed E-state index contributed by atoms with van der Waals surface area (Å²) in [7, 11) is 0. The number of benzene rings is 1. The molecule has 0 saturated carbocycles. The van der Waals surface area contributed by atoms with E-state index in [0.29, 0.717) is 18.0 Å². The third-order valence-electron chi connectivity index (χ3n) is 4.48. The number of hydrogen-bond donors (Lipinski definition) is 2. The van der Waals surface area contributed by atoms with Crippen LogP contribution in [0.15, 0.2) is 24.3 Å². The van der Waals surface area contributed by atoms with Crippen LogP contribution < -0.4 is 10.6 Å². The van der Waals surface area contributed by atoms with Crippen molar-refractivity contribution in [3.63, 3.8) is 0 Å². The van der Waals surface area contributed by atoms with E-state index in [4.69, 9.17) is 0 Å². The Kier molecular flexibility index (Phi) is 3.31. The quantitative estimate of drug-likeness (QED) is 0.875. The summed E-state index contributed by atoms with van der Waals surface area (Å²) >= 11 is 0. The highest BCUT2D eigenvalue weighted by Crippen LogP contribution is 2.33. The summed E-state index contributed by atoms with van der Waals surface area (Å²) in [6, 6.07) is 9.18. The van der Waals surface area contributed by atoms with E-state index >= 15 is 0 Å². The van der Waals surface area contributed by atoms with Crippen LogP contribution in [0.2, 0.25) is 0 Å². The first-order valence-electron chi connectivity index (χ1n) is 7.30. The average Bonchev–Trinajstić information content (AvgIpc) is 3.01. The van der Waals surface area contributed by atoms with Crippen molar-refractivity contribution < 1.29 is 4.79 Å². The van der Waals surface area contributed by atoms with E-state index in [9.17, 15) is 4.79 Å². The molecule has 2 aliphatic rings. The van der Waals surface area contributed by atoms with Crippen LogP contribution in [-0.4, -0.2) is 18.0 Å². The predicted molar refractivity (Wildman–Crippen MR) is 77.2 cm³/mol. The Hall–Kier alpha value is -1.35. The number of hydrogen-bond acceptors (Lipinski definition) is 2. The van der Waals surface area contributed by atoms with Crippen LogP contribution in [0.5, 0.6) is 0 Å². The highest BCUT2D eigenvalue weighted by atomic mass is 16.2. The van der Waals surface area contributed by atoms with Crippen LogP contribution >= 0.6 is 0 Å². The summed E-state index contributed by atoms with van der Waals surface area (Å²) < 4.78 is 0. The van der Waals surface area contributed by atoms with Gasteiger partial charge in [0.2, 0.25) is 5.91 Å². The molecule has 1 aromatic rings. The second-order valence-electron chi connectivity index (χ2n) is 6.16. The molecular formula is C16H22N2O. The Morgan fingerprint density at radius 2 is 2.00 bits per heavy atom. The number of carbonyl (C=O) groups is 1. The number of rotatable bonds is 3. The lowest BCUT2D eigenvalue weighted by atomic mass is 9.88. The van der Waals surface area contributed by atoms with Crippen molar-refractivity contribution in [3.8, 4) is 0 Å². The monoisotopic (exact) mass is 258 g/mol. The summed E-state index contributed by atoms with van der Waals surface area (Å²) in [6.07, 6.45) is 3.38. The third-order valence-corrected chi connectivity index (χ3v) is 4.48. The molecule has 2 aliphatic heterocycles. The molecule has 3 rings (SSSR count). The van der Waals surface area contributed by atoms with E-state index in [-0.39, 0.29) is 11.8 Å². The smallest absolute Gasteiger partial charge is 0.229 e. The van der Waals surface area contributed by atoms with E-state index in [1.54, 1.807) is 0 Å². The highest BCUT2D eigenvalue weighted by molar-refractivity contribution is 5.93. The van der Waals surface area contributed by atoms with Gasteiger partial charge in [0.15, 0.2) is 0 Å². The molecule has 1 aromatic carbocycles. The zero-order chi connectivity index (χ0) is 13.4. The molecule has 2 bridgehead atoms. The topological polar surface area (TPSA) is 41.1 Å². The molecule has 3 heteroatoms. The molecule has 3 unspecified atom stereocenters. The maximum Gasteiger partial charge on any atom is 0.229 e. The Morgan fingerprint density at radius 1 is 1.26 bits per heavy atom. The molecule has 3 atom stereocenters. The molecule has 0 aromatic heterocycles. The summed E-state index contributed by atoms with van der Waals surface area (Å²) in [4.78, 5) is 12.3. The summed E-state index contributed by atoms with van der Waals surface area (Å²) in [5, 5.41) is 6.56. The lowest BCUT2D eigenvalue weighted by Crippen LogP contribution is -2.32. The summed E-state index contributed by atoms with van der Waals surface area (Å²) in [5.74, 6) is 0.861. The maximum absolute atomic E-state index is 12.3. The van der Waals surface area contributed by atoms with Gasteiger partial charge in [0, 0.05) is 17.8 Å². The minimum atomic E-state index is 0.156.